The predicted molar refractivity (Wildman–Crippen MR) is 72.9 cm³/mol. The summed E-state index contributed by atoms with van der Waals surface area (Å²) in [7, 11) is 0. The van der Waals surface area contributed by atoms with Gasteiger partial charge in [0.2, 0.25) is 0 Å². The van der Waals surface area contributed by atoms with Gasteiger partial charge >= 0.3 is 5.97 Å². The summed E-state index contributed by atoms with van der Waals surface area (Å²) in [6.45, 7) is 2.26. The molecule has 0 bridgehead atoms. The van der Waals surface area contributed by atoms with Crippen molar-refractivity contribution in [3.8, 4) is 0 Å². The number of aryl methyl sites for hydroxylation is 1. The highest BCUT2D eigenvalue weighted by Gasteiger charge is 2.13. The first-order valence-electron chi connectivity index (χ1n) is 5.91. The van der Waals surface area contributed by atoms with E-state index >= 15 is 0 Å². The number of carboxylic acid groups (broad SMARTS) is 1. The molecule has 20 heavy (non-hydrogen) atoms. The molecule has 2 heterocycles. The second-order valence-corrected chi connectivity index (χ2v) is 4.54. The van der Waals surface area contributed by atoms with Gasteiger partial charge in [-0.3, -0.25) is 14.3 Å². The summed E-state index contributed by atoms with van der Waals surface area (Å²) in [6.07, 6.45) is 4.51. The molecule has 8 heteroatoms. The third-order valence-electron chi connectivity index (χ3n) is 2.62. The Bertz CT molecular complexity index is 647. The first-order chi connectivity index (χ1) is 9.49. The van der Waals surface area contributed by atoms with Gasteiger partial charge in [0.25, 0.3) is 5.91 Å². The summed E-state index contributed by atoms with van der Waals surface area (Å²) in [4.78, 5) is 22.6. The predicted octanol–water partition coefficient (Wildman–Crippen LogP) is 1.69. The molecule has 0 fully saturated rings. The number of nitrogens with zero attached hydrogens (tertiary/aromatic N) is 3. The minimum Gasteiger partial charge on any atom is -0.480 e. The summed E-state index contributed by atoms with van der Waals surface area (Å²) >= 11 is 5.87. The van der Waals surface area contributed by atoms with Crippen LogP contribution in [0.3, 0.4) is 0 Å². The van der Waals surface area contributed by atoms with Gasteiger partial charge in [0, 0.05) is 18.9 Å². The number of carbonyl (C=O) groups is 2. The van der Waals surface area contributed by atoms with Gasteiger partial charge in [0.05, 0.1) is 16.9 Å². The van der Waals surface area contributed by atoms with E-state index < -0.39 is 5.97 Å². The van der Waals surface area contributed by atoms with Crippen LogP contribution in [0.25, 0.3) is 0 Å². The number of carboxylic acids is 1. The maximum absolute atomic E-state index is 12.1. The second kappa shape index (κ2) is 5.79. The monoisotopic (exact) mass is 296 g/mol. The molecule has 2 N–H and O–H groups in total. The van der Waals surface area contributed by atoms with Crippen molar-refractivity contribution >= 4 is 29.2 Å². The number of hydrogen-bond acceptors (Lipinski definition) is 3. The maximum atomic E-state index is 12.1. The SMILES string of the molecule is CCn1cc(Cl)cc1C(=O)Nc1cnn(CC(=O)O)c1. The fourth-order valence-corrected chi connectivity index (χ4v) is 2.00. The topological polar surface area (TPSA) is 89.2 Å². The normalized spacial score (nSPS) is 10.5. The van der Waals surface area contributed by atoms with Crippen LogP contribution in [-0.4, -0.2) is 31.3 Å². The average molecular weight is 297 g/mol. The van der Waals surface area contributed by atoms with Crippen molar-refractivity contribution in [3.05, 3.63) is 35.4 Å². The molecule has 0 unspecified atom stereocenters. The zero-order valence-corrected chi connectivity index (χ0v) is 11.5. The van der Waals surface area contributed by atoms with Crippen molar-refractivity contribution in [2.45, 2.75) is 20.0 Å². The molecule has 2 aromatic rings. The average Bonchev–Trinajstić information content (AvgIpc) is 2.95. The molecule has 7 nitrogen and oxygen atoms in total. The lowest BCUT2D eigenvalue weighted by molar-refractivity contribution is -0.137. The van der Waals surface area contributed by atoms with E-state index in [1.807, 2.05) is 6.92 Å². The van der Waals surface area contributed by atoms with Crippen molar-refractivity contribution in [3.63, 3.8) is 0 Å². The lowest BCUT2D eigenvalue weighted by Gasteiger charge is -2.05. The van der Waals surface area contributed by atoms with E-state index in [1.54, 1.807) is 16.8 Å². The Morgan fingerprint density at radius 2 is 2.20 bits per heavy atom. The molecule has 0 aliphatic heterocycles. The summed E-state index contributed by atoms with van der Waals surface area (Å²) in [5.74, 6) is -1.33. The molecule has 106 valence electrons. The van der Waals surface area contributed by atoms with Gasteiger partial charge < -0.3 is 15.0 Å². The Labute approximate surface area is 119 Å². The van der Waals surface area contributed by atoms with Gasteiger partial charge in [0.15, 0.2) is 0 Å². The van der Waals surface area contributed by atoms with E-state index in [-0.39, 0.29) is 12.5 Å². The molecule has 0 aliphatic carbocycles. The smallest absolute Gasteiger partial charge is 0.325 e. The summed E-state index contributed by atoms with van der Waals surface area (Å²) in [5, 5.41) is 15.6. The van der Waals surface area contributed by atoms with Crippen molar-refractivity contribution in [2.24, 2.45) is 0 Å². The molecule has 0 atom stereocenters. The van der Waals surface area contributed by atoms with Crippen LogP contribution in [0.1, 0.15) is 17.4 Å². The molecule has 0 aliphatic rings. The van der Waals surface area contributed by atoms with Crippen molar-refractivity contribution in [1.29, 1.82) is 0 Å². The fourth-order valence-electron chi connectivity index (χ4n) is 1.78. The minimum atomic E-state index is -1.00. The Balaban J connectivity index is 2.11. The van der Waals surface area contributed by atoms with Gasteiger partial charge in [-0.15, -0.1) is 0 Å². The highest BCUT2D eigenvalue weighted by Crippen LogP contribution is 2.16. The van der Waals surface area contributed by atoms with Gasteiger partial charge in [-0.2, -0.15) is 5.10 Å². The van der Waals surface area contributed by atoms with Crippen LogP contribution >= 0.6 is 11.6 Å². The molecule has 2 rings (SSSR count). The molecule has 0 saturated heterocycles. The van der Waals surface area contributed by atoms with Crippen LogP contribution in [0.2, 0.25) is 5.02 Å². The Morgan fingerprint density at radius 3 is 2.85 bits per heavy atom. The molecular formula is C12H13ClN4O3. The van der Waals surface area contributed by atoms with Crippen LogP contribution in [0, 0.1) is 0 Å². The molecule has 2 aromatic heterocycles. The number of carbonyl (C=O) groups excluding carboxylic acids is 1. The third-order valence-corrected chi connectivity index (χ3v) is 2.83. The number of anilines is 1. The van der Waals surface area contributed by atoms with Crippen molar-refractivity contribution in [2.75, 3.05) is 5.32 Å². The highest BCUT2D eigenvalue weighted by atomic mass is 35.5. The van der Waals surface area contributed by atoms with E-state index in [0.717, 1.165) is 0 Å². The number of hydrogen-bond donors (Lipinski definition) is 2. The number of aromatic nitrogens is 3. The number of halogens is 1. The lowest BCUT2D eigenvalue weighted by atomic mass is 10.4. The Morgan fingerprint density at radius 1 is 1.45 bits per heavy atom. The summed E-state index contributed by atoms with van der Waals surface area (Å²) in [5.41, 5.74) is 0.861. The summed E-state index contributed by atoms with van der Waals surface area (Å²) < 4.78 is 2.95. The van der Waals surface area contributed by atoms with E-state index in [1.165, 1.54) is 17.1 Å². The van der Waals surface area contributed by atoms with Crippen LogP contribution < -0.4 is 5.32 Å². The highest BCUT2D eigenvalue weighted by molar-refractivity contribution is 6.31. The fraction of sp³-hybridized carbons (Fsp3) is 0.250. The van der Waals surface area contributed by atoms with Crippen LogP contribution in [0.5, 0.6) is 0 Å². The standard InChI is InChI=1S/C12H13ClN4O3/c1-2-16-5-8(13)3-10(16)12(20)15-9-4-14-17(6-9)7-11(18)19/h3-6H,2,7H2,1H3,(H,15,20)(H,18,19). The molecular weight excluding hydrogens is 284 g/mol. The second-order valence-electron chi connectivity index (χ2n) is 4.10. The number of rotatable bonds is 5. The van der Waals surface area contributed by atoms with Gasteiger partial charge in [0.1, 0.15) is 12.2 Å². The zero-order chi connectivity index (χ0) is 14.7. The molecule has 0 spiro atoms. The number of nitrogens with one attached hydrogen (secondary N) is 1. The lowest BCUT2D eigenvalue weighted by Crippen LogP contribution is -2.16. The van der Waals surface area contributed by atoms with Crippen LogP contribution in [0.4, 0.5) is 5.69 Å². The van der Waals surface area contributed by atoms with Gasteiger partial charge in [-0.25, -0.2) is 0 Å². The Hall–Kier alpha value is -2.28. The molecule has 0 radical (unpaired) electrons. The first-order valence-corrected chi connectivity index (χ1v) is 6.28. The molecule has 0 aromatic carbocycles. The van der Waals surface area contributed by atoms with Crippen molar-refractivity contribution in [1.82, 2.24) is 14.3 Å². The van der Waals surface area contributed by atoms with E-state index in [4.69, 9.17) is 16.7 Å². The minimum absolute atomic E-state index is 0.257. The maximum Gasteiger partial charge on any atom is 0.325 e. The first kappa shape index (κ1) is 14.1. The van der Waals surface area contributed by atoms with Crippen LogP contribution in [0.15, 0.2) is 24.7 Å². The largest absolute Gasteiger partial charge is 0.480 e. The van der Waals surface area contributed by atoms with Gasteiger partial charge in [-0.05, 0) is 13.0 Å². The third kappa shape index (κ3) is 3.18. The van der Waals surface area contributed by atoms with Crippen LogP contribution in [-0.2, 0) is 17.9 Å². The van der Waals surface area contributed by atoms with E-state index in [2.05, 4.69) is 10.4 Å². The van der Waals surface area contributed by atoms with Crippen molar-refractivity contribution < 1.29 is 14.7 Å². The van der Waals surface area contributed by atoms with Gasteiger partial charge in [-0.1, -0.05) is 11.6 Å². The number of amides is 1. The Kier molecular flexibility index (Phi) is 4.09. The molecule has 0 saturated carbocycles. The summed E-state index contributed by atoms with van der Waals surface area (Å²) in [6, 6.07) is 1.57. The van der Waals surface area contributed by atoms with E-state index in [9.17, 15) is 9.59 Å². The number of aliphatic carboxylic acids is 1. The molecule has 1 amide bonds. The van der Waals surface area contributed by atoms with E-state index in [0.29, 0.717) is 22.9 Å². The zero-order valence-electron chi connectivity index (χ0n) is 10.7. The quantitative estimate of drug-likeness (QED) is 0.879.